The highest BCUT2D eigenvalue weighted by Crippen LogP contribution is 2.42. The van der Waals surface area contributed by atoms with E-state index in [9.17, 15) is 9.59 Å². The summed E-state index contributed by atoms with van der Waals surface area (Å²) in [6.45, 7) is 5.17. The molecule has 2 amide bonds. The van der Waals surface area contributed by atoms with Gasteiger partial charge in [0.15, 0.2) is 5.69 Å². The summed E-state index contributed by atoms with van der Waals surface area (Å²) in [6.07, 6.45) is 8.11. The molecule has 1 aliphatic heterocycles. The molecule has 1 aliphatic carbocycles. The van der Waals surface area contributed by atoms with Crippen LogP contribution in [0.2, 0.25) is 0 Å². The molecule has 0 atom stereocenters. The molecule has 8 heteroatoms. The molecule has 4 rings (SSSR count). The van der Waals surface area contributed by atoms with E-state index in [1.54, 1.807) is 0 Å². The number of carbonyl (C=O) groups is 2. The number of terminal acetylenes is 1. The zero-order valence-corrected chi connectivity index (χ0v) is 17.9. The molecule has 8 nitrogen and oxygen atoms in total. The van der Waals surface area contributed by atoms with Crippen LogP contribution in [-0.2, 0) is 4.79 Å². The van der Waals surface area contributed by atoms with E-state index < -0.39 is 0 Å². The van der Waals surface area contributed by atoms with Crippen LogP contribution in [0.5, 0.6) is 0 Å². The lowest BCUT2D eigenvalue weighted by molar-refractivity contribution is -0.121. The number of hydrogen-bond acceptors (Lipinski definition) is 5. The number of nitrogens with zero attached hydrogens (tertiary/aromatic N) is 5. The minimum absolute atomic E-state index is 0.0705. The summed E-state index contributed by atoms with van der Waals surface area (Å²) >= 11 is 0. The fourth-order valence-electron chi connectivity index (χ4n) is 3.93. The topological polar surface area (TPSA) is 83.4 Å². The summed E-state index contributed by atoms with van der Waals surface area (Å²) in [5.74, 6) is 2.58. The standard InChI is InChI=1S/C23H28N6O2/c1-3-11-24-20(30)16-27-12-4-13-28(15-14-27)23(31)21-22(18-7-8-18)29(26-25-21)19-9-5-17(2)6-10-19/h1,5-6,9-10,18H,4,7-8,11-16H2,2H3,(H,24,30). The fraction of sp³-hybridized carbons (Fsp3) is 0.478. The molecule has 1 aromatic heterocycles. The van der Waals surface area contributed by atoms with E-state index in [2.05, 4.69) is 26.4 Å². The van der Waals surface area contributed by atoms with Gasteiger partial charge in [-0.25, -0.2) is 4.68 Å². The van der Waals surface area contributed by atoms with Crippen molar-refractivity contribution in [2.45, 2.75) is 32.1 Å². The van der Waals surface area contributed by atoms with Crippen molar-refractivity contribution >= 4 is 11.8 Å². The number of hydrogen-bond donors (Lipinski definition) is 1. The molecule has 162 valence electrons. The molecular weight excluding hydrogens is 392 g/mol. The highest BCUT2D eigenvalue weighted by molar-refractivity contribution is 5.93. The Morgan fingerprint density at radius 2 is 1.94 bits per heavy atom. The van der Waals surface area contributed by atoms with E-state index in [0.717, 1.165) is 37.2 Å². The molecule has 0 bridgehead atoms. The van der Waals surface area contributed by atoms with Crippen LogP contribution < -0.4 is 5.32 Å². The van der Waals surface area contributed by atoms with Crippen LogP contribution in [0.3, 0.4) is 0 Å². The van der Waals surface area contributed by atoms with Crippen molar-refractivity contribution in [3.8, 4) is 18.0 Å². The van der Waals surface area contributed by atoms with Crippen LogP contribution in [0.1, 0.15) is 46.9 Å². The molecule has 0 radical (unpaired) electrons. The van der Waals surface area contributed by atoms with Crippen molar-refractivity contribution in [1.82, 2.24) is 30.1 Å². The maximum Gasteiger partial charge on any atom is 0.276 e. The molecule has 31 heavy (non-hydrogen) atoms. The first-order chi connectivity index (χ1) is 15.1. The first-order valence-electron chi connectivity index (χ1n) is 10.8. The Kier molecular flexibility index (Phi) is 6.33. The van der Waals surface area contributed by atoms with Gasteiger partial charge in [-0.15, -0.1) is 11.5 Å². The summed E-state index contributed by atoms with van der Waals surface area (Å²) in [7, 11) is 0. The van der Waals surface area contributed by atoms with Gasteiger partial charge < -0.3 is 10.2 Å². The first-order valence-corrected chi connectivity index (χ1v) is 10.8. The second kappa shape index (κ2) is 9.31. The molecule has 1 saturated carbocycles. The van der Waals surface area contributed by atoms with E-state index in [1.165, 1.54) is 5.56 Å². The lowest BCUT2D eigenvalue weighted by atomic mass is 10.1. The van der Waals surface area contributed by atoms with E-state index in [0.29, 0.717) is 37.8 Å². The van der Waals surface area contributed by atoms with Crippen LogP contribution in [0.4, 0.5) is 0 Å². The van der Waals surface area contributed by atoms with Gasteiger partial charge in [-0.1, -0.05) is 28.8 Å². The Morgan fingerprint density at radius 3 is 2.65 bits per heavy atom. The van der Waals surface area contributed by atoms with Gasteiger partial charge in [0, 0.05) is 32.1 Å². The van der Waals surface area contributed by atoms with Gasteiger partial charge in [-0.05, 0) is 38.3 Å². The van der Waals surface area contributed by atoms with Gasteiger partial charge in [0.2, 0.25) is 5.91 Å². The predicted molar refractivity (Wildman–Crippen MR) is 117 cm³/mol. The Labute approximate surface area is 182 Å². The average molecular weight is 421 g/mol. The SMILES string of the molecule is C#CCNC(=O)CN1CCCN(C(=O)c2nnn(-c3ccc(C)cc3)c2C2CC2)CC1. The number of nitrogens with one attached hydrogen (secondary N) is 1. The Morgan fingerprint density at radius 1 is 1.16 bits per heavy atom. The van der Waals surface area contributed by atoms with E-state index >= 15 is 0 Å². The van der Waals surface area contributed by atoms with Crippen molar-refractivity contribution in [2.24, 2.45) is 0 Å². The molecule has 1 aromatic carbocycles. The molecular formula is C23H28N6O2. The average Bonchev–Trinajstić information content (AvgIpc) is 3.56. The molecule has 2 aliphatic rings. The number of rotatable bonds is 6. The lowest BCUT2D eigenvalue weighted by Gasteiger charge is -2.21. The van der Waals surface area contributed by atoms with Crippen molar-refractivity contribution in [2.75, 3.05) is 39.3 Å². The number of benzene rings is 1. The quantitative estimate of drug-likeness (QED) is 0.714. The van der Waals surface area contributed by atoms with Gasteiger partial charge in [-0.3, -0.25) is 14.5 Å². The monoisotopic (exact) mass is 420 g/mol. The van der Waals surface area contributed by atoms with Crippen LogP contribution in [0.25, 0.3) is 5.69 Å². The van der Waals surface area contributed by atoms with Gasteiger partial charge >= 0.3 is 0 Å². The van der Waals surface area contributed by atoms with Gasteiger partial charge in [0.25, 0.3) is 5.91 Å². The summed E-state index contributed by atoms with van der Waals surface area (Å²) in [6, 6.07) is 8.11. The maximum atomic E-state index is 13.4. The van der Waals surface area contributed by atoms with E-state index in [1.807, 2.05) is 40.8 Å². The van der Waals surface area contributed by atoms with Gasteiger partial charge in [0.05, 0.1) is 24.5 Å². The smallest absolute Gasteiger partial charge is 0.276 e. The van der Waals surface area contributed by atoms with Crippen molar-refractivity contribution in [3.05, 3.63) is 41.2 Å². The molecule has 2 heterocycles. The number of amides is 2. The molecule has 0 unspecified atom stereocenters. The predicted octanol–water partition coefficient (Wildman–Crippen LogP) is 1.35. The van der Waals surface area contributed by atoms with Crippen molar-refractivity contribution in [1.29, 1.82) is 0 Å². The third-order valence-electron chi connectivity index (χ3n) is 5.78. The van der Waals surface area contributed by atoms with Gasteiger partial charge in [-0.2, -0.15) is 0 Å². The number of aromatic nitrogens is 3. The van der Waals surface area contributed by atoms with Crippen LogP contribution in [-0.4, -0.2) is 75.9 Å². The van der Waals surface area contributed by atoms with Crippen molar-refractivity contribution in [3.63, 3.8) is 0 Å². The summed E-state index contributed by atoms with van der Waals surface area (Å²) in [4.78, 5) is 29.2. The third kappa shape index (κ3) is 4.94. The zero-order chi connectivity index (χ0) is 21.8. The molecule has 2 aromatic rings. The zero-order valence-electron chi connectivity index (χ0n) is 17.9. The Hall–Kier alpha value is -3.18. The third-order valence-corrected chi connectivity index (χ3v) is 5.78. The van der Waals surface area contributed by atoms with Crippen LogP contribution in [0.15, 0.2) is 24.3 Å². The minimum Gasteiger partial charge on any atom is -0.344 e. The van der Waals surface area contributed by atoms with E-state index in [4.69, 9.17) is 6.42 Å². The normalized spacial score (nSPS) is 17.1. The molecule has 0 spiro atoms. The fourth-order valence-corrected chi connectivity index (χ4v) is 3.93. The number of aryl methyl sites for hydroxylation is 1. The van der Waals surface area contributed by atoms with Crippen LogP contribution >= 0.6 is 0 Å². The highest BCUT2D eigenvalue weighted by Gasteiger charge is 2.36. The first kappa shape index (κ1) is 21.1. The van der Waals surface area contributed by atoms with Crippen molar-refractivity contribution < 1.29 is 9.59 Å². The second-order valence-electron chi connectivity index (χ2n) is 8.25. The molecule has 1 N–H and O–H groups in total. The summed E-state index contributed by atoms with van der Waals surface area (Å²) in [5, 5.41) is 11.3. The largest absolute Gasteiger partial charge is 0.344 e. The Bertz CT molecular complexity index is 986. The Balaban J connectivity index is 1.47. The summed E-state index contributed by atoms with van der Waals surface area (Å²) < 4.78 is 1.82. The minimum atomic E-state index is -0.0882. The molecule has 1 saturated heterocycles. The second-order valence-corrected chi connectivity index (χ2v) is 8.25. The highest BCUT2D eigenvalue weighted by atomic mass is 16.2. The van der Waals surface area contributed by atoms with Gasteiger partial charge in [0.1, 0.15) is 0 Å². The van der Waals surface area contributed by atoms with Crippen LogP contribution in [0, 0.1) is 19.3 Å². The lowest BCUT2D eigenvalue weighted by Crippen LogP contribution is -2.40. The van der Waals surface area contributed by atoms with E-state index in [-0.39, 0.29) is 18.4 Å². The number of carbonyl (C=O) groups excluding carboxylic acids is 2. The maximum absolute atomic E-state index is 13.4. The molecule has 2 fully saturated rings. The summed E-state index contributed by atoms with van der Waals surface area (Å²) in [5.41, 5.74) is 3.49.